The Labute approximate surface area is 219 Å². The molecule has 38 heavy (non-hydrogen) atoms. The fraction of sp³-hybridized carbons (Fsp3) is 0.300. The van der Waals surface area contributed by atoms with Gasteiger partial charge in [-0.1, -0.05) is 48.7 Å². The number of hydrogen-bond donors (Lipinski definition) is 2. The molecule has 1 unspecified atom stereocenters. The number of nitrogens with two attached hydrogens (primary N) is 1. The van der Waals surface area contributed by atoms with Crippen molar-refractivity contribution in [2.45, 2.75) is 52.0 Å². The SMILES string of the molecule is Cc1ccc(N2C(=O)c3c(ccc(C)c3C(=O)Nc3c(F)cccc3F)C2(C(N)=O)C2CCCC2)c(C)c1. The Kier molecular flexibility index (Phi) is 6.29. The Hall–Kier alpha value is -4.07. The number of benzene rings is 3. The first-order valence-electron chi connectivity index (χ1n) is 12.7. The molecule has 1 aliphatic carbocycles. The molecule has 1 aliphatic heterocycles. The molecule has 3 N–H and O–H groups in total. The van der Waals surface area contributed by atoms with Crippen LogP contribution in [0.2, 0.25) is 0 Å². The van der Waals surface area contributed by atoms with Crippen molar-refractivity contribution in [3.63, 3.8) is 0 Å². The topological polar surface area (TPSA) is 92.5 Å². The lowest BCUT2D eigenvalue weighted by Gasteiger charge is -2.41. The number of nitrogens with zero attached hydrogens (tertiary/aromatic N) is 1. The lowest BCUT2D eigenvalue weighted by atomic mass is 9.75. The van der Waals surface area contributed by atoms with E-state index in [1.165, 1.54) is 11.0 Å². The highest BCUT2D eigenvalue weighted by molar-refractivity contribution is 6.23. The quantitative estimate of drug-likeness (QED) is 0.457. The highest BCUT2D eigenvalue weighted by Crippen LogP contribution is 2.53. The molecule has 1 saturated carbocycles. The molecule has 0 aromatic heterocycles. The standard InChI is InChI=1S/C30H29F2N3O3/c1-16-11-14-23(18(3)15-16)35-28(37)25-20(30(35,29(33)38)19-7-4-5-8-19)13-12-17(2)24(25)27(36)34-26-21(31)9-6-10-22(26)32/h6,9-15,19H,4-5,7-8H2,1-3H3,(H2,33,38)(H,34,36). The van der Waals surface area contributed by atoms with Crippen molar-refractivity contribution in [1.82, 2.24) is 0 Å². The number of nitrogens with one attached hydrogen (secondary N) is 1. The summed E-state index contributed by atoms with van der Waals surface area (Å²) in [6, 6.07) is 12.2. The Balaban J connectivity index is 1.76. The Morgan fingerprint density at radius 1 is 0.974 bits per heavy atom. The van der Waals surface area contributed by atoms with Gasteiger partial charge >= 0.3 is 0 Å². The van der Waals surface area contributed by atoms with Crippen LogP contribution >= 0.6 is 0 Å². The second kappa shape index (κ2) is 9.35. The molecule has 0 saturated heterocycles. The molecular formula is C30H29F2N3O3. The second-order valence-corrected chi connectivity index (χ2v) is 10.3. The molecule has 3 aromatic carbocycles. The molecule has 1 atom stereocenters. The Morgan fingerprint density at radius 2 is 1.63 bits per heavy atom. The van der Waals surface area contributed by atoms with Crippen LogP contribution < -0.4 is 16.0 Å². The molecule has 0 radical (unpaired) electrons. The van der Waals surface area contributed by atoms with Crippen molar-refractivity contribution in [3.05, 3.63) is 93.5 Å². The summed E-state index contributed by atoms with van der Waals surface area (Å²) in [6.07, 6.45) is 3.14. The molecular weight excluding hydrogens is 488 g/mol. The van der Waals surface area contributed by atoms with Gasteiger partial charge in [0, 0.05) is 11.3 Å². The minimum absolute atomic E-state index is 0.0323. The third-order valence-electron chi connectivity index (χ3n) is 7.94. The molecule has 0 bridgehead atoms. The van der Waals surface area contributed by atoms with Gasteiger partial charge in [0.05, 0.1) is 11.1 Å². The Morgan fingerprint density at radius 3 is 2.24 bits per heavy atom. The van der Waals surface area contributed by atoms with Crippen molar-refractivity contribution < 1.29 is 23.2 Å². The van der Waals surface area contributed by atoms with Crippen molar-refractivity contribution in [1.29, 1.82) is 0 Å². The van der Waals surface area contributed by atoms with Gasteiger partial charge in [-0.05, 0) is 68.9 Å². The molecule has 1 heterocycles. The van der Waals surface area contributed by atoms with Crippen LogP contribution in [0.25, 0.3) is 0 Å². The van der Waals surface area contributed by atoms with Crippen LogP contribution in [0.4, 0.5) is 20.2 Å². The van der Waals surface area contributed by atoms with E-state index in [0.29, 0.717) is 29.7 Å². The van der Waals surface area contributed by atoms with Crippen molar-refractivity contribution in [3.8, 4) is 0 Å². The fourth-order valence-corrected chi connectivity index (χ4v) is 6.27. The lowest BCUT2D eigenvalue weighted by Crippen LogP contribution is -2.57. The van der Waals surface area contributed by atoms with Gasteiger partial charge in [-0.3, -0.25) is 19.3 Å². The number of para-hydroxylation sites is 1. The maximum Gasteiger partial charge on any atom is 0.260 e. The molecule has 2 aliphatic rings. The van der Waals surface area contributed by atoms with Crippen molar-refractivity contribution in [2.75, 3.05) is 10.2 Å². The summed E-state index contributed by atoms with van der Waals surface area (Å²) in [6.45, 7) is 5.43. The van der Waals surface area contributed by atoms with Gasteiger partial charge in [0.15, 0.2) is 5.54 Å². The zero-order valence-corrected chi connectivity index (χ0v) is 21.5. The van der Waals surface area contributed by atoms with Crippen LogP contribution in [0.15, 0.2) is 48.5 Å². The van der Waals surface area contributed by atoms with E-state index in [0.717, 1.165) is 36.1 Å². The van der Waals surface area contributed by atoms with E-state index in [9.17, 15) is 23.2 Å². The first kappa shape index (κ1) is 25.6. The minimum Gasteiger partial charge on any atom is -0.367 e. The van der Waals surface area contributed by atoms with Crippen molar-refractivity contribution >= 4 is 29.1 Å². The second-order valence-electron chi connectivity index (χ2n) is 10.3. The largest absolute Gasteiger partial charge is 0.367 e. The summed E-state index contributed by atoms with van der Waals surface area (Å²) < 4.78 is 28.8. The fourth-order valence-electron chi connectivity index (χ4n) is 6.27. The van der Waals surface area contributed by atoms with Crippen LogP contribution in [-0.2, 0) is 10.3 Å². The number of aryl methyl sites for hydroxylation is 3. The zero-order valence-electron chi connectivity index (χ0n) is 21.5. The first-order chi connectivity index (χ1) is 18.1. The number of fused-ring (bicyclic) bond motifs is 1. The number of hydrogen-bond acceptors (Lipinski definition) is 3. The molecule has 3 aromatic rings. The number of carbonyl (C=O) groups is 3. The number of anilines is 2. The highest BCUT2D eigenvalue weighted by atomic mass is 19.1. The molecule has 0 spiro atoms. The number of halogens is 2. The summed E-state index contributed by atoms with van der Waals surface area (Å²) in [7, 11) is 0. The smallest absolute Gasteiger partial charge is 0.260 e. The summed E-state index contributed by atoms with van der Waals surface area (Å²) >= 11 is 0. The van der Waals surface area contributed by atoms with Gasteiger partial charge in [0.2, 0.25) is 5.91 Å². The number of rotatable bonds is 5. The van der Waals surface area contributed by atoms with E-state index < -0.39 is 40.6 Å². The summed E-state index contributed by atoms with van der Waals surface area (Å²) in [5.74, 6) is -4.20. The molecule has 6 nitrogen and oxygen atoms in total. The lowest BCUT2D eigenvalue weighted by molar-refractivity contribution is -0.125. The number of carbonyl (C=O) groups excluding carboxylic acids is 3. The normalized spacial score (nSPS) is 19.1. The van der Waals surface area contributed by atoms with Crippen LogP contribution in [0.3, 0.4) is 0 Å². The zero-order chi connectivity index (χ0) is 27.4. The van der Waals surface area contributed by atoms with E-state index in [-0.39, 0.29) is 17.0 Å². The maximum absolute atomic E-state index is 14.4. The third kappa shape index (κ3) is 3.69. The molecule has 196 valence electrons. The molecule has 8 heteroatoms. The van der Waals surface area contributed by atoms with Gasteiger partial charge in [-0.15, -0.1) is 0 Å². The van der Waals surface area contributed by atoms with Gasteiger partial charge in [-0.25, -0.2) is 8.78 Å². The van der Waals surface area contributed by atoms with Crippen LogP contribution in [0.5, 0.6) is 0 Å². The minimum atomic E-state index is -1.51. The molecule has 3 amide bonds. The molecule has 5 rings (SSSR count). The Bertz CT molecular complexity index is 1480. The average Bonchev–Trinajstić information content (AvgIpc) is 3.47. The summed E-state index contributed by atoms with van der Waals surface area (Å²) in [5, 5.41) is 2.31. The average molecular weight is 518 g/mol. The summed E-state index contributed by atoms with van der Waals surface area (Å²) in [4.78, 5) is 43.0. The van der Waals surface area contributed by atoms with Gasteiger partial charge in [0.1, 0.15) is 17.3 Å². The van der Waals surface area contributed by atoms with Crippen LogP contribution in [0, 0.1) is 38.3 Å². The van der Waals surface area contributed by atoms with Crippen LogP contribution in [0.1, 0.15) is 68.7 Å². The van der Waals surface area contributed by atoms with E-state index in [1.54, 1.807) is 25.1 Å². The third-order valence-corrected chi connectivity index (χ3v) is 7.94. The van der Waals surface area contributed by atoms with Crippen LogP contribution in [-0.4, -0.2) is 17.7 Å². The molecule has 1 fully saturated rings. The number of primary amides is 1. The van der Waals surface area contributed by atoms with Gasteiger partial charge in [-0.2, -0.15) is 0 Å². The monoisotopic (exact) mass is 517 g/mol. The maximum atomic E-state index is 14.4. The predicted octanol–water partition coefficient (Wildman–Crippen LogP) is 5.67. The van der Waals surface area contributed by atoms with E-state index in [4.69, 9.17) is 5.73 Å². The van der Waals surface area contributed by atoms with E-state index in [1.807, 2.05) is 26.0 Å². The highest BCUT2D eigenvalue weighted by Gasteiger charge is 2.60. The predicted molar refractivity (Wildman–Crippen MR) is 141 cm³/mol. The van der Waals surface area contributed by atoms with E-state index in [2.05, 4.69) is 5.32 Å². The van der Waals surface area contributed by atoms with Gasteiger partial charge < -0.3 is 11.1 Å². The summed E-state index contributed by atoms with van der Waals surface area (Å²) in [5.41, 5.74) is 7.16. The van der Waals surface area contributed by atoms with Gasteiger partial charge in [0.25, 0.3) is 11.8 Å². The number of amides is 3. The van der Waals surface area contributed by atoms with E-state index >= 15 is 0 Å². The first-order valence-corrected chi connectivity index (χ1v) is 12.7. The van der Waals surface area contributed by atoms with Crippen molar-refractivity contribution in [2.24, 2.45) is 11.7 Å².